The van der Waals surface area contributed by atoms with E-state index in [0.29, 0.717) is 6.04 Å². The van der Waals surface area contributed by atoms with Crippen LogP contribution in [0.4, 0.5) is 0 Å². The second-order valence-corrected chi connectivity index (χ2v) is 5.57. The molecular weight excluding hydrogens is 244 g/mol. The highest BCUT2D eigenvalue weighted by atomic mass is 15.1. The highest BCUT2D eigenvalue weighted by Gasteiger charge is 2.22. The van der Waals surface area contributed by atoms with Gasteiger partial charge in [0.25, 0.3) is 0 Å². The fourth-order valence-corrected chi connectivity index (χ4v) is 3.05. The minimum Gasteiger partial charge on any atom is -0.299 e. The molecule has 0 saturated carbocycles. The van der Waals surface area contributed by atoms with Gasteiger partial charge < -0.3 is 0 Å². The summed E-state index contributed by atoms with van der Waals surface area (Å²) in [5.74, 6) is 0. The van der Waals surface area contributed by atoms with Gasteiger partial charge in [0.2, 0.25) is 0 Å². The van der Waals surface area contributed by atoms with E-state index in [9.17, 15) is 0 Å². The van der Waals surface area contributed by atoms with Gasteiger partial charge in [-0.2, -0.15) is 0 Å². The molecule has 1 unspecified atom stereocenters. The number of aromatic nitrogens is 1. The number of likely N-dealkylation sites (N-methyl/N-ethyl adjacent to an activating group) is 1. The third-order valence-electron chi connectivity index (χ3n) is 3.95. The number of hydrogen-bond donors (Lipinski definition) is 0. The Morgan fingerprint density at radius 3 is 2.65 bits per heavy atom. The Morgan fingerprint density at radius 1 is 1.05 bits per heavy atom. The summed E-state index contributed by atoms with van der Waals surface area (Å²) in [5, 5.41) is 0. The van der Waals surface area contributed by atoms with Crippen molar-refractivity contribution >= 4 is 6.08 Å². The summed E-state index contributed by atoms with van der Waals surface area (Å²) in [6, 6.07) is 13.2. The van der Waals surface area contributed by atoms with Gasteiger partial charge in [0.1, 0.15) is 0 Å². The van der Waals surface area contributed by atoms with Crippen molar-refractivity contribution in [2.45, 2.75) is 18.9 Å². The highest BCUT2D eigenvalue weighted by molar-refractivity contribution is 5.61. The summed E-state index contributed by atoms with van der Waals surface area (Å²) in [6.45, 7) is 0. The van der Waals surface area contributed by atoms with Crippen LogP contribution in [-0.4, -0.2) is 24.0 Å². The maximum Gasteiger partial charge on any atom is 0.0574 e. The summed E-state index contributed by atoms with van der Waals surface area (Å²) in [6.07, 6.45) is 8.42. The smallest absolute Gasteiger partial charge is 0.0574 e. The molecule has 0 N–H and O–H groups in total. The molecule has 1 aliphatic rings. The first-order valence-corrected chi connectivity index (χ1v) is 7.10. The Balaban J connectivity index is 2.00. The molecule has 1 aromatic heterocycles. The van der Waals surface area contributed by atoms with Gasteiger partial charge in [-0.25, -0.2) is 0 Å². The molecule has 2 heteroatoms. The van der Waals surface area contributed by atoms with Crippen molar-refractivity contribution < 1.29 is 0 Å². The number of pyridine rings is 1. The minimum atomic E-state index is 0.317. The van der Waals surface area contributed by atoms with Crippen LogP contribution in [0.15, 0.2) is 54.4 Å². The van der Waals surface area contributed by atoms with Crippen molar-refractivity contribution in [3.63, 3.8) is 0 Å². The number of hydrogen-bond acceptors (Lipinski definition) is 2. The van der Waals surface area contributed by atoms with Crippen LogP contribution in [0.2, 0.25) is 0 Å². The zero-order valence-electron chi connectivity index (χ0n) is 12.1. The van der Waals surface area contributed by atoms with E-state index in [1.807, 2.05) is 18.5 Å². The Kier molecular flexibility index (Phi) is 3.66. The molecule has 1 aliphatic carbocycles. The van der Waals surface area contributed by atoms with E-state index in [1.165, 1.54) is 22.3 Å². The molecule has 102 valence electrons. The molecular formula is C18H20N2. The lowest BCUT2D eigenvalue weighted by molar-refractivity contribution is 0.331. The SMILES string of the molecule is CN(C)C(C1=Cc2ccccc2CC1)c1cccnc1. The monoisotopic (exact) mass is 264 g/mol. The van der Waals surface area contributed by atoms with Crippen LogP contribution in [0.25, 0.3) is 6.08 Å². The Labute approximate surface area is 120 Å². The second kappa shape index (κ2) is 5.59. The Hall–Kier alpha value is -1.93. The van der Waals surface area contributed by atoms with Crippen LogP contribution >= 0.6 is 0 Å². The third-order valence-corrected chi connectivity index (χ3v) is 3.95. The third kappa shape index (κ3) is 2.52. The zero-order valence-corrected chi connectivity index (χ0v) is 12.1. The summed E-state index contributed by atoms with van der Waals surface area (Å²) < 4.78 is 0. The molecule has 20 heavy (non-hydrogen) atoms. The van der Waals surface area contributed by atoms with E-state index in [0.717, 1.165) is 12.8 Å². The normalized spacial score (nSPS) is 15.7. The number of aryl methyl sites for hydroxylation is 1. The first-order chi connectivity index (χ1) is 9.75. The predicted octanol–water partition coefficient (Wildman–Crippen LogP) is 3.71. The van der Waals surface area contributed by atoms with Crippen molar-refractivity contribution in [1.29, 1.82) is 0 Å². The lowest BCUT2D eigenvalue weighted by atomic mass is 9.86. The van der Waals surface area contributed by atoms with E-state index in [-0.39, 0.29) is 0 Å². The van der Waals surface area contributed by atoms with Crippen molar-refractivity contribution in [3.05, 3.63) is 71.1 Å². The standard InChI is InChI=1S/C18H20N2/c1-20(2)18(17-8-5-11-19-13-17)16-10-9-14-6-3-4-7-15(14)12-16/h3-8,11-13,18H,9-10H2,1-2H3. The van der Waals surface area contributed by atoms with E-state index in [4.69, 9.17) is 0 Å². The largest absolute Gasteiger partial charge is 0.299 e. The molecule has 3 rings (SSSR count). The topological polar surface area (TPSA) is 16.1 Å². The van der Waals surface area contributed by atoms with Crippen LogP contribution in [0.5, 0.6) is 0 Å². The average molecular weight is 264 g/mol. The molecule has 0 radical (unpaired) electrons. The van der Waals surface area contributed by atoms with Gasteiger partial charge in [0.15, 0.2) is 0 Å². The summed E-state index contributed by atoms with van der Waals surface area (Å²) >= 11 is 0. The highest BCUT2D eigenvalue weighted by Crippen LogP contribution is 2.34. The Bertz CT molecular complexity index is 614. The summed E-state index contributed by atoms with van der Waals surface area (Å²) in [7, 11) is 4.28. The number of nitrogens with zero attached hydrogens (tertiary/aromatic N) is 2. The molecule has 0 amide bonds. The van der Waals surface area contributed by atoms with Crippen LogP contribution in [0, 0.1) is 0 Å². The Morgan fingerprint density at radius 2 is 1.90 bits per heavy atom. The van der Waals surface area contributed by atoms with Gasteiger partial charge in [0, 0.05) is 12.4 Å². The van der Waals surface area contributed by atoms with Crippen LogP contribution < -0.4 is 0 Å². The number of fused-ring (bicyclic) bond motifs is 1. The predicted molar refractivity (Wildman–Crippen MR) is 83.4 cm³/mol. The fraction of sp³-hybridized carbons (Fsp3) is 0.278. The van der Waals surface area contributed by atoms with E-state index < -0.39 is 0 Å². The van der Waals surface area contributed by atoms with Gasteiger partial charge >= 0.3 is 0 Å². The van der Waals surface area contributed by atoms with E-state index >= 15 is 0 Å². The van der Waals surface area contributed by atoms with Crippen molar-refractivity contribution in [2.24, 2.45) is 0 Å². The maximum atomic E-state index is 4.27. The quantitative estimate of drug-likeness (QED) is 0.840. The summed E-state index contributed by atoms with van der Waals surface area (Å²) in [4.78, 5) is 6.55. The second-order valence-electron chi connectivity index (χ2n) is 5.57. The van der Waals surface area contributed by atoms with Crippen LogP contribution in [0.1, 0.15) is 29.2 Å². The van der Waals surface area contributed by atoms with Gasteiger partial charge in [-0.15, -0.1) is 0 Å². The van der Waals surface area contributed by atoms with Crippen molar-refractivity contribution in [2.75, 3.05) is 14.1 Å². The van der Waals surface area contributed by atoms with Gasteiger partial charge in [-0.3, -0.25) is 9.88 Å². The molecule has 2 aromatic rings. The fourth-order valence-electron chi connectivity index (χ4n) is 3.05. The molecule has 0 saturated heterocycles. The molecule has 1 heterocycles. The first-order valence-electron chi connectivity index (χ1n) is 7.10. The molecule has 0 fully saturated rings. The van der Waals surface area contributed by atoms with Crippen LogP contribution in [-0.2, 0) is 6.42 Å². The van der Waals surface area contributed by atoms with Gasteiger partial charge in [-0.1, -0.05) is 36.4 Å². The minimum absolute atomic E-state index is 0.317. The number of rotatable bonds is 3. The molecule has 2 nitrogen and oxygen atoms in total. The molecule has 1 atom stereocenters. The van der Waals surface area contributed by atoms with Crippen molar-refractivity contribution in [1.82, 2.24) is 9.88 Å². The lowest BCUT2D eigenvalue weighted by Crippen LogP contribution is -2.23. The average Bonchev–Trinajstić information content (AvgIpc) is 2.48. The molecule has 0 spiro atoms. The molecule has 0 aliphatic heterocycles. The van der Waals surface area contributed by atoms with E-state index in [2.05, 4.69) is 60.4 Å². The number of benzene rings is 1. The van der Waals surface area contributed by atoms with Crippen molar-refractivity contribution in [3.8, 4) is 0 Å². The summed E-state index contributed by atoms with van der Waals surface area (Å²) in [5.41, 5.74) is 5.56. The van der Waals surface area contributed by atoms with Crippen LogP contribution in [0.3, 0.4) is 0 Å². The maximum absolute atomic E-state index is 4.27. The van der Waals surface area contributed by atoms with E-state index in [1.54, 1.807) is 0 Å². The van der Waals surface area contributed by atoms with Gasteiger partial charge in [-0.05, 0) is 55.3 Å². The first kappa shape index (κ1) is 13.1. The molecule has 1 aromatic carbocycles. The van der Waals surface area contributed by atoms with Gasteiger partial charge in [0.05, 0.1) is 6.04 Å². The molecule has 0 bridgehead atoms. The zero-order chi connectivity index (χ0) is 13.9. The lowest BCUT2D eigenvalue weighted by Gasteiger charge is -2.29.